The van der Waals surface area contributed by atoms with E-state index in [1.54, 1.807) is 26.4 Å². The monoisotopic (exact) mass is 372 g/mol. The van der Waals surface area contributed by atoms with E-state index in [9.17, 15) is 19.8 Å². The number of rotatable bonds is 8. The van der Waals surface area contributed by atoms with Crippen LogP contribution in [0.5, 0.6) is 11.5 Å². The van der Waals surface area contributed by atoms with Crippen LogP contribution in [-0.4, -0.2) is 36.0 Å². The lowest BCUT2D eigenvalue weighted by molar-refractivity contribution is 0.101. The van der Waals surface area contributed by atoms with Crippen molar-refractivity contribution < 1.29 is 29.3 Å². The van der Waals surface area contributed by atoms with Gasteiger partial charge in [0, 0.05) is 25.3 Å². The largest absolute Gasteiger partial charge is 0.507 e. The fraction of sp³-hybridized carbons (Fsp3) is 0.333. The molecule has 6 nitrogen and oxygen atoms in total. The van der Waals surface area contributed by atoms with Gasteiger partial charge in [-0.05, 0) is 55.7 Å². The van der Waals surface area contributed by atoms with E-state index < -0.39 is 0 Å². The molecule has 0 aliphatic rings. The molecule has 2 N–H and O–H groups in total. The van der Waals surface area contributed by atoms with Gasteiger partial charge in [-0.1, -0.05) is 0 Å². The molecule has 0 aromatic heterocycles. The van der Waals surface area contributed by atoms with E-state index in [1.165, 1.54) is 13.8 Å². The molecule has 6 heteroatoms. The van der Waals surface area contributed by atoms with Crippen LogP contribution in [-0.2, 0) is 29.1 Å². The molecule has 0 bridgehead atoms. The molecule has 0 heterocycles. The van der Waals surface area contributed by atoms with Gasteiger partial charge < -0.3 is 19.7 Å². The molecule has 0 saturated heterocycles. The Hall–Kier alpha value is -2.70. The predicted octanol–water partition coefficient (Wildman–Crippen LogP) is 3.39. The summed E-state index contributed by atoms with van der Waals surface area (Å²) < 4.78 is 10.3. The summed E-state index contributed by atoms with van der Waals surface area (Å²) in [6.07, 6.45) is 0.411. The molecular weight excluding hydrogens is 348 g/mol. The van der Waals surface area contributed by atoms with Crippen LogP contribution in [0.3, 0.4) is 0 Å². The summed E-state index contributed by atoms with van der Waals surface area (Å²) in [4.78, 5) is 23.7. The number of ketones is 2. The van der Waals surface area contributed by atoms with Crippen molar-refractivity contribution in [3.05, 3.63) is 57.6 Å². The molecule has 0 aliphatic heterocycles. The molecule has 2 aromatic carbocycles. The van der Waals surface area contributed by atoms with Gasteiger partial charge in [0.15, 0.2) is 11.6 Å². The molecular formula is C21H24O6. The highest BCUT2D eigenvalue weighted by molar-refractivity contribution is 6.04. The fourth-order valence-electron chi connectivity index (χ4n) is 3.03. The third-order valence-electron chi connectivity index (χ3n) is 4.26. The van der Waals surface area contributed by atoms with Gasteiger partial charge in [-0.15, -0.1) is 0 Å². The molecule has 0 radical (unpaired) electrons. The molecule has 27 heavy (non-hydrogen) atoms. The molecule has 0 aliphatic carbocycles. The predicted molar refractivity (Wildman–Crippen MR) is 100 cm³/mol. The zero-order valence-electron chi connectivity index (χ0n) is 16.0. The van der Waals surface area contributed by atoms with Crippen molar-refractivity contribution in [3.63, 3.8) is 0 Å². The van der Waals surface area contributed by atoms with Crippen LogP contribution in [0.4, 0.5) is 0 Å². The van der Waals surface area contributed by atoms with Gasteiger partial charge in [0.1, 0.15) is 11.5 Å². The lowest BCUT2D eigenvalue weighted by atomic mass is 9.94. The third kappa shape index (κ3) is 4.72. The van der Waals surface area contributed by atoms with Gasteiger partial charge in [0.05, 0.1) is 24.3 Å². The Kier molecular flexibility index (Phi) is 6.71. The number of carbonyl (C=O) groups excluding carboxylic acids is 2. The summed E-state index contributed by atoms with van der Waals surface area (Å²) >= 11 is 0. The van der Waals surface area contributed by atoms with Crippen molar-refractivity contribution in [1.29, 1.82) is 0 Å². The van der Waals surface area contributed by atoms with E-state index in [4.69, 9.17) is 9.47 Å². The molecule has 0 spiro atoms. The molecule has 0 saturated carbocycles. The van der Waals surface area contributed by atoms with Crippen molar-refractivity contribution >= 4 is 11.6 Å². The number of hydrogen-bond acceptors (Lipinski definition) is 6. The Morgan fingerprint density at radius 3 is 1.56 bits per heavy atom. The van der Waals surface area contributed by atoms with Crippen molar-refractivity contribution in [3.8, 4) is 11.5 Å². The lowest BCUT2D eigenvalue weighted by Gasteiger charge is -2.14. The Labute approximate surface area is 158 Å². The first-order valence-electron chi connectivity index (χ1n) is 8.47. The summed E-state index contributed by atoms with van der Waals surface area (Å²) in [7, 11) is 3.08. The smallest absolute Gasteiger partial charge is 0.163 e. The number of methoxy groups -OCH3 is 2. The summed E-state index contributed by atoms with van der Waals surface area (Å²) in [5.41, 5.74) is 3.05. The Morgan fingerprint density at radius 1 is 0.778 bits per heavy atom. The first kappa shape index (κ1) is 20.6. The number of ether oxygens (including phenoxy) is 2. The van der Waals surface area contributed by atoms with Gasteiger partial charge in [-0.25, -0.2) is 0 Å². The lowest BCUT2D eigenvalue weighted by Crippen LogP contribution is -2.04. The van der Waals surface area contributed by atoms with Crippen LogP contribution in [0.2, 0.25) is 0 Å². The highest BCUT2D eigenvalue weighted by Gasteiger charge is 2.17. The summed E-state index contributed by atoms with van der Waals surface area (Å²) in [5, 5.41) is 20.5. The van der Waals surface area contributed by atoms with Gasteiger partial charge in [-0.3, -0.25) is 9.59 Å². The maximum atomic E-state index is 11.8. The highest BCUT2D eigenvalue weighted by atomic mass is 16.5. The van der Waals surface area contributed by atoms with Crippen LogP contribution in [0, 0.1) is 0 Å². The highest BCUT2D eigenvalue weighted by Crippen LogP contribution is 2.30. The minimum atomic E-state index is -0.317. The molecule has 2 rings (SSSR count). The third-order valence-corrected chi connectivity index (χ3v) is 4.26. The average Bonchev–Trinajstić information content (AvgIpc) is 2.60. The Bertz CT molecular complexity index is 807. The second kappa shape index (κ2) is 8.79. The number of aromatic hydroxyl groups is 2. The van der Waals surface area contributed by atoms with Crippen LogP contribution in [0.1, 0.15) is 56.8 Å². The number of phenolic OH excluding ortho intramolecular Hbond substituents is 2. The summed E-state index contributed by atoms with van der Waals surface area (Å²) in [6, 6.07) is 6.80. The molecule has 0 fully saturated rings. The van der Waals surface area contributed by atoms with Crippen LogP contribution >= 0.6 is 0 Å². The van der Waals surface area contributed by atoms with Crippen molar-refractivity contribution in [2.75, 3.05) is 14.2 Å². The molecule has 0 atom stereocenters. The van der Waals surface area contributed by atoms with Crippen molar-refractivity contribution in [1.82, 2.24) is 0 Å². The van der Waals surface area contributed by atoms with E-state index in [2.05, 4.69) is 0 Å². The van der Waals surface area contributed by atoms with Crippen LogP contribution < -0.4 is 0 Å². The molecule has 0 amide bonds. The minimum Gasteiger partial charge on any atom is -0.507 e. The van der Waals surface area contributed by atoms with E-state index >= 15 is 0 Å². The summed E-state index contributed by atoms with van der Waals surface area (Å²) in [6.45, 7) is 3.17. The van der Waals surface area contributed by atoms with Crippen LogP contribution in [0.15, 0.2) is 24.3 Å². The van der Waals surface area contributed by atoms with Gasteiger partial charge in [0.25, 0.3) is 0 Å². The zero-order chi connectivity index (χ0) is 20.1. The van der Waals surface area contributed by atoms with Gasteiger partial charge >= 0.3 is 0 Å². The number of carbonyl (C=O) groups is 2. The fourth-order valence-corrected chi connectivity index (χ4v) is 3.03. The van der Waals surface area contributed by atoms with Crippen molar-refractivity contribution in [2.24, 2.45) is 0 Å². The first-order chi connectivity index (χ1) is 12.8. The molecule has 144 valence electrons. The van der Waals surface area contributed by atoms with E-state index in [1.807, 2.05) is 12.1 Å². The van der Waals surface area contributed by atoms with Crippen molar-refractivity contribution in [2.45, 2.75) is 33.5 Å². The molecule has 0 unspecified atom stereocenters. The quantitative estimate of drug-likeness (QED) is 0.690. The molecule has 2 aromatic rings. The van der Waals surface area contributed by atoms with E-state index in [-0.39, 0.29) is 47.4 Å². The second-order valence-corrected chi connectivity index (χ2v) is 6.46. The second-order valence-electron chi connectivity index (χ2n) is 6.46. The number of benzene rings is 2. The minimum absolute atomic E-state index is 0.116. The SMILES string of the molecule is COCc1cc(Cc2cc(C(C)=O)c(O)c(C(C)=O)c2)cc(COC)c1O. The van der Waals surface area contributed by atoms with Crippen LogP contribution in [0.25, 0.3) is 0 Å². The normalized spacial score (nSPS) is 10.8. The topological polar surface area (TPSA) is 93.1 Å². The van der Waals surface area contributed by atoms with E-state index in [0.29, 0.717) is 23.1 Å². The number of hydrogen-bond donors (Lipinski definition) is 2. The standard InChI is InChI=1S/C21H24O6/c1-12(22)18-8-15(9-19(13(2)23)21(18)25)5-14-6-16(10-26-3)20(24)17(7-14)11-27-4/h6-9,24-25H,5,10-11H2,1-4H3. The number of Topliss-reactive ketones (excluding diaryl/α,β-unsaturated/α-hetero) is 2. The van der Waals surface area contributed by atoms with E-state index in [0.717, 1.165) is 5.56 Å². The maximum absolute atomic E-state index is 11.8. The van der Waals surface area contributed by atoms with Gasteiger partial charge in [0.2, 0.25) is 0 Å². The van der Waals surface area contributed by atoms with Gasteiger partial charge in [-0.2, -0.15) is 0 Å². The zero-order valence-corrected chi connectivity index (χ0v) is 16.0. The maximum Gasteiger partial charge on any atom is 0.163 e. The Morgan fingerprint density at radius 2 is 1.19 bits per heavy atom. The first-order valence-corrected chi connectivity index (χ1v) is 8.47. The summed E-state index contributed by atoms with van der Waals surface area (Å²) in [5.74, 6) is -0.794. The Balaban J connectivity index is 2.52. The average molecular weight is 372 g/mol. The number of phenols is 2.